The maximum absolute atomic E-state index is 12.7. The van der Waals surface area contributed by atoms with Crippen LogP contribution >= 0.6 is 31.9 Å². The van der Waals surface area contributed by atoms with Crippen LogP contribution in [0.25, 0.3) is 11.1 Å². The lowest BCUT2D eigenvalue weighted by atomic mass is 10.1. The van der Waals surface area contributed by atoms with E-state index in [-0.39, 0.29) is 8.95 Å². The quantitative estimate of drug-likeness (QED) is 0.411. The molecule has 0 aliphatic carbocycles. The highest BCUT2D eigenvalue weighted by atomic mass is 79.9. The Morgan fingerprint density at radius 1 is 0.556 bits per heavy atom. The number of alkyl halides is 6. The second kappa shape index (κ2) is 9.78. The number of benzene rings is 2. The van der Waals surface area contributed by atoms with Crippen molar-refractivity contribution in [1.82, 2.24) is 8.25 Å². The molecular formula is C14H8Br2F6N2O8S4. The van der Waals surface area contributed by atoms with E-state index < -0.39 is 72.0 Å². The first-order chi connectivity index (χ1) is 15.9. The molecule has 0 heterocycles. The number of halogens is 8. The molecule has 0 aliphatic rings. The summed E-state index contributed by atoms with van der Waals surface area (Å²) in [6, 6.07) is 4.76. The summed E-state index contributed by atoms with van der Waals surface area (Å²) in [7, 11) is -24.3. The van der Waals surface area contributed by atoms with Gasteiger partial charge >= 0.3 is 31.1 Å². The molecule has 0 saturated carbocycles. The van der Waals surface area contributed by atoms with Crippen molar-refractivity contribution in [2.24, 2.45) is 0 Å². The Kier molecular flexibility index (Phi) is 8.40. The summed E-state index contributed by atoms with van der Waals surface area (Å²) in [5.74, 6) is 0. The van der Waals surface area contributed by atoms with Crippen molar-refractivity contribution in [3.05, 3.63) is 45.3 Å². The minimum absolute atomic E-state index is 0.157. The van der Waals surface area contributed by atoms with Gasteiger partial charge in [-0.15, -0.1) is 0 Å². The van der Waals surface area contributed by atoms with Crippen LogP contribution in [-0.4, -0.2) is 44.7 Å². The Morgan fingerprint density at radius 3 is 1.08 bits per heavy atom. The van der Waals surface area contributed by atoms with E-state index in [0.29, 0.717) is 20.4 Å². The Morgan fingerprint density at radius 2 is 0.833 bits per heavy atom. The Labute approximate surface area is 216 Å². The second-order valence-electron chi connectivity index (χ2n) is 6.35. The van der Waals surface area contributed by atoms with E-state index in [9.17, 15) is 60.0 Å². The first kappa shape index (κ1) is 30.9. The van der Waals surface area contributed by atoms with E-state index in [1.807, 2.05) is 0 Å². The zero-order chi connectivity index (χ0) is 28.1. The minimum atomic E-state index is -6.50. The number of nitrogens with one attached hydrogen (secondary N) is 2. The van der Waals surface area contributed by atoms with Gasteiger partial charge in [0.1, 0.15) is 0 Å². The number of hydrogen-bond acceptors (Lipinski definition) is 8. The van der Waals surface area contributed by atoms with Crippen molar-refractivity contribution in [3.63, 3.8) is 0 Å². The summed E-state index contributed by atoms with van der Waals surface area (Å²) < 4.78 is 173. The van der Waals surface area contributed by atoms with Gasteiger partial charge in [-0.3, -0.25) is 0 Å². The molecule has 0 amide bonds. The smallest absolute Gasteiger partial charge is 0.206 e. The summed E-state index contributed by atoms with van der Waals surface area (Å²) in [5, 5.41) is 0. The van der Waals surface area contributed by atoms with E-state index in [1.165, 1.54) is 0 Å². The van der Waals surface area contributed by atoms with Crippen LogP contribution < -0.4 is 8.25 Å². The lowest BCUT2D eigenvalue weighted by Gasteiger charge is -2.17. The van der Waals surface area contributed by atoms with Crippen LogP contribution in [0.5, 0.6) is 0 Å². The largest absolute Gasteiger partial charge is 0.512 e. The fraction of sp³-hybridized carbons (Fsp3) is 0.143. The Hall–Kier alpha value is -1.30. The molecule has 0 unspecified atom stereocenters. The van der Waals surface area contributed by atoms with Crippen molar-refractivity contribution in [1.29, 1.82) is 0 Å². The van der Waals surface area contributed by atoms with Gasteiger partial charge in [0.2, 0.25) is 0 Å². The van der Waals surface area contributed by atoms with Gasteiger partial charge in [-0.05, 0) is 24.3 Å². The highest BCUT2D eigenvalue weighted by Gasteiger charge is 2.50. The predicted octanol–water partition coefficient (Wildman–Crippen LogP) is 3.13. The van der Waals surface area contributed by atoms with Crippen LogP contribution in [0.4, 0.5) is 26.3 Å². The summed E-state index contributed by atoms with van der Waals surface area (Å²) >= 11 is 5.61. The minimum Gasteiger partial charge on any atom is -0.206 e. The van der Waals surface area contributed by atoms with Crippen LogP contribution in [0, 0.1) is 0 Å². The van der Waals surface area contributed by atoms with Crippen LogP contribution in [0.2, 0.25) is 0 Å². The molecule has 36 heavy (non-hydrogen) atoms. The molecule has 0 spiro atoms. The van der Waals surface area contributed by atoms with E-state index in [2.05, 4.69) is 31.9 Å². The first-order valence-corrected chi connectivity index (χ1v) is 15.7. The molecule has 0 aromatic heterocycles. The van der Waals surface area contributed by atoms with Gasteiger partial charge < -0.3 is 0 Å². The first-order valence-electron chi connectivity index (χ1n) is 8.20. The maximum atomic E-state index is 12.7. The van der Waals surface area contributed by atoms with Gasteiger partial charge in [0.25, 0.3) is 20.0 Å². The molecule has 202 valence electrons. The summed E-state index contributed by atoms with van der Waals surface area (Å²) in [5.41, 5.74) is -13.8. The topological polar surface area (TPSA) is 161 Å². The third-order valence-corrected chi connectivity index (χ3v) is 11.4. The van der Waals surface area contributed by atoms with Crippen LogP contribution in [0.3, 0.4) is 0 Å². The summed E-state index contributed by atoms with van der Waals surface area (Å²) in [6.45, 7) is 0. The zero-order valence-corrected chi connectivity index (χ0v) is 22.8. The molecule has 2 aromatic rings. The van der Waals surface area contributed by atoms with E-state index in [1.54, 1.807) is 0 Å². The molecule has 22 heteroatoms. The molecular weight excluding hydrogens is 726 g/mol. The third-order valence-electron chi connectivity index (χ3n) is 3.80. The van der Waals surface area contributed by atoms with Gasteiger partial charge in [0.05, 0.1) is 9.79 Å². The molecule has 2 rings (SSSR count). The van der Waals surface area contributed by atoms with Crippen LogP contribution in [0.15, 0.2) is 55.1 Å². The van der Waals surface area contributed by atoms with E-state index in [0.717, 1.165) is 24.3 Å². The molecule has 0 fully saturated rings. The molecule has 0 aliphatic heterocycles. The number of rotatable bonds is 7. The average molecular weight is 734 g/mol. The van der Waals surface area contributed by atoms with Gasteiger partial charge in [-0.2, -0.15) is 26.3 Å². The fourth-order valence-corrected chi connectivity index (χ4v) is 8.66. The number of hydrogen-bond donors (Lipinski definition) is 2. The molecule has 0 atom stereocenters. The second-order valence-corrected chi connectivity index (χ2v) is 15.4. The van der Waals surface area contributed by atoms with Crippen LogP contribution in [0.1, 0.15) is 0 Å². The monoisotopic (exact) mass is 732 g/mol. The van der Waals surface area contributed by atoms with Gasteiger partial charge in [0, 0.05) is 20.1 Å². The van der Waals surface area contributed by atoms with Crippen molar-refractivity contribution < 1.29 is 60.0 Å². The third kappa shape index (κ3) is 6.57. The number of sulfonamides is 4. The van der Waals surface area contributed by atoms with Crippen LogP contribution in [-0.2, 0) is 40.1 Å². The Balaban J connectivity index is 2.85. The molecule has 2 aromatic carbocycles. The highest BCUT2D eigenvalue weighted by Crippen LogP contribution is 2.37. The fourth-order valence-electron chi connectivity index (χ4n) is 2.36. The molecule has 0 bridgehead atoms. The molecule has 0 radical (unpaired) electrons. The summed E-state index contributed by atoms with van der Waals surface area (Å²) in [6.07, 6.45) is 0. The zero-order valence-electron chi connectivity index (χ0n) is 16.4. The normalized spacial score (nSPS) is 14.1. The van der Waals surface area contributed by atoms with E-state index in [4.69, 9.17) is 0 Å². The predicted molar refractivity (Wildman–Crippen MR) is 118 cm³/mol. The van der Waals surface area contributed by atoms with Crippen molar-refractivity contribution in [2.45, 2.75) is 20.8 Å². The summed E-state index contributed by atoms with van der Waals surface area (Å²) in [4.78, 5) is -2.52. The van der Waals surface area contributed by atoms with Gasteiger partial charge in [0.15, 0.2) is 0 Å². The lowest BCUT2D eigenvalue weighted by molar-refractivity contribution is -0.0447. The van der Waals surface area contributed by atoms with Crippen molar-refractivity contribution in [3.8, 4) is 11.1 Å². The molecule has 10 nitrogen and oxygen atoms in total. The average Bonchev–Trinajstić information content (AvgIpc) is 2.64. The molecule has 2 N–H and O–H groups in total. The SMILES string of the molecule is O=S(=O)(NS(=O)(=O)C(F)(F)F)c1cc(Br)ccc1-c1ccc(Br)cc1S(=O)(=O)NS(=O)(=O)C(F)(F)F. The van der Waals surface area contributed by atoms with Crippen molar-refractivity contribution >= 4 is 72.0 Å². The van der Waals surface area contributed by atoms with Crippen molar-refractivity contribution in [2.75, 3.05) is 0 Å². The standard InChI is InChI=1S/C14H8Br2F6N2O8S4/c15-7-1-3-9(11(5-7)33(25,26)23-35(29,30)13(17,18)19)10-4-2-8(16)6-12(10)34(27,28)24-36(31,32)14(20,21)22/h1-6,23-24H. The molecule has 0 saturated heterocycles. The maximum Gasteiger partial charge on any atom is 0.512 e. The lowest BCUT2D eigenvalue weighted by Crippen LogP contribution is -2.40. The Bertz CT molecular complexity index is 1520. The van der Waals surface area contributed by atoms with Gasteiger partial charge in [-0.25, -0.2) is 33.7 Å². The van der Waals surface area contributed by atoms with Gasteiger partial charge in [-0.1, -0.05) is 52.2 Å². The van der Waals surface area contributed by atoms with E-state index >= 15 is 0 Å². The highest BCUT2D eigenvalue weighted by molar-refractivity contribution is 9.10.